The number of aromatic amines is 1. The van der Waals surface area contributed by atoms with E-state index in [1.54, 1.807) is 6.07 Å². The largest absolute Gasteiger partial charge is 0.357 e. The molecule has 3 heterocycles. The molecule has 3 aromatic rings. The summed E-state index contributed by atoms with van der Waals surface area (Å²) >= 11 is 6.28. The summed E-state index contributed by atoms with van der Waals surface area (Å²) in [5.41, 5.74) is 5.45. The van der Waals surface area contributed by atoms with Crippen LogP contribution < -0.4 is 10.6 Å². The number of nitrogens with one attached hydrogen (secondary N) is 3. The van der Waals surface area contributed by atoms with Gasteiger partial charge in [-0.15, -0.1) is 0 Å². The Bertz CT molecular complexity index is 1140. The molecule has 2 aromatic carbocycles. The zero-order valence-electron chi connectivity index (χ0n) is 15.8. The molecule has 2 aliphatic heterocycles. The van der Waals surface area contributed by atoms with E-state index >= 15 is 0 Å². The van der Waals surface area contributed by atoms with E-state index in [0.717, 1.165) is 48.3 Å². The number of rotatable bonds is 4. The van der Waals surface area contributed by atoms with Gasteiger partial charge in [0.2, 0.25) is 5.91 Å². The number of benzene rings is 2. The SMILES string of the molecule is O=C(Nc1ccc2c(c1)CNC2)c1cc(Cl)cc2[nH]c(CN3CCCC3=O)cc12. The van der Waals surface area contributed by atoms with Crippen molar-refractivity contribution in [2.75, 3.05) is 11.9 Å². The van der Waals surface area contributed by atoms with Crippen LogP contribution in [0.5, 0.6) is 0 Å². The number of hydrogen-bond donors (Lipinski definition) is 3. The number of carbonyl (C=O) groups excluding carboxylic acids is 2. The quantitative estimate of drug-likeness (QED) is 0.614. The Morgan fingerprint density at radius 3 is 2.83 bits per heavy atom. The van der Waals surface area contributed by atoms with Crippen LogP contribution >= 0.6 is 11.6 Å². The lowest BCUT2D eigenvalue weighted by Gasteiger charge is -2.13. The van der Waals surface area contributed by atoms with Crippen LogP contribution in [0.1, 0.15) is 40.0 Å². The third-order valence-corrected chi connectivity index (χ3v) is 5.85. The van der Waals surface area contributed by atoms with E-state index in [-0.39, 0.29) is 11.8 Å². The number of aromatic nitrogens is 1. The van der Waals surface area contributed by atoms with Gasteiger partial charge in [-0.2, -0.15) is 0 Å². The van der Waals surface area contributed by atoms with Crippen molar-refractivity contribution < 1.29 is 9.59 Å². The average molecular weight is 409 g/mol. The van der Waals surface area contributed by atoms with Crippen molar-refractivity contribution in [3.63, 3.8) is 0 Å². The molecular weight excluding hydrogens is 388 g/mol. The van der Waals surface area contributed by atoms with Crippen molar-refractivity contribution in [1.29, 1.82) is 0 Å². The molecule has 29 heavy (non-hydrogen) atoms. The monoisotopic (exact) mass is 408 g/mol. The molecule has 0 spiro atoms. The molecule has 2 amide bonds. The highest BCUT2D eigenvalue weighted by Crippen LogP contribution is 2.28. The van der Waals surface area contributed by atoms with Crippen molar-refractivity contribution in [2.45, 2.75) is 32.5 Å². The standard InChI is InChI=1S/C22H21ClN4O2/c23-15-7-19(22(29)26-16-4-3-13-10-24-11-14(13)6-16)18-9-17(25-20(18)8-15)12-27-5-1-2-21(27)28/h3-4,6-9,24-25H,1-2,5,10-12H2,(H,26,29). The van der Waals surface area contributed by atoms with E-state index in [1.165, 1.54) is 11.1 Å². The second-order valence-corrected chi connectivity index (χ2v) is 8.11. The molecule has 0 atom stereocenters. The first-order valence-corrected chi connectivity index (χ1v) is 10.2. The summed E-state index contributed by atoms with van der Waals surface area (Å²) in [4.78, 5) is 30.1. The lowest BCUT2D eigenvalue weighted by atomic mass is 10.1. The number of amides is 2. The molecule has 3 N–H and O–H groups in total. The zero-order chi connectivity index (χ0) is 20.0. The van der Waals surface area contributed by atoms with Crippen LogP contribution in [0, 0.1) is 0 Å². The van der Waals surface area contributed by atoms with Gasteiger partial charge in [0.1, 0.15) is 0 Å². The van der Waals surface area contributed by atoms with Crippen LogP contribution in [0.2, 0.25) is 5.02 Å². The lowest BCUT2D eigenvalue weighted by molar-refractivity contribution is -0.128. The van der Waals surface area contributed by atoms with E-state index in [2.05, 4.69) is 15.6 Å². The molecular formula is C22H21ClN4O2. The molecule has 1 aromatic heterocycles. The van der Waals surface area contributed by atoms with Gasteiger partial charge in [0.05, 0.1) is 12.1 Å². The van der Waals surface area contributed by atoms with Gasteiger partial charge in [-0.3, -0.25) is 9.59 Å². The molecule has 1 saturated heterocycles. The van der Waals surface area contributed by atoms with Crippen LogP contribution in [-0.4, -0.2) is 28.2 Å². The number of anilines is 1. The van der Waals surface area contributed by atoms with Gasteiger partial charge < -0.3 is 20.5 Å². The second kappa shape index (κ2) is 7.21. The fourth-order valence-electron chi connectivity index (χ4n) is 4.18. The molecule has 2 aliphatic rings. The summed E-state index contributed by atoms with van der Waals surface area (Å²) in [5.74, 6) is -0.0306. The van der Waals surface area contributed by atoms with Crippen LogP contribution in [0.15, 0.2) is 36.4 Å². The van der Waals surface area contributed by atoms with Crippen molar-refractivity contribution >= 4 is 40.0 Å². The van der Waals surface area contributed by atoms with Crippen LogP contribution in [0.25, 0.3) is 10.9 Å². The first kappa shape index (κ1) is 18.2. The Morgan fingerprint density at radius 2 is 2.00 bits per heavy atom. The number of carbonyl (C=O) groups is 2. The van der Waals surface area contributed by atoms with Gasteiger partial charge in [0.15, 0.2) is 0 Å². The molecule has 1 fully saturated rings. The molecule has 148 valence electrons. The second-order valence-electron chi connectivity index (χ2n) is 7.67. The molecule has 0 saturated carbocycles. The number of H-pyrrole nitrogens is 1. The van der Waals surface area contributed by atoms with Crippen molar-refractivity contribution in [2.24, 2.45) is 0 Å². The number of nitrogens with zero attached hydrogens (tertiary/aromatic N) is 1. The highest BCUT2D eigenvalue weighted by molar-refractivity contribution is 6.32. The van der Waals surface area contributed by atoms with E-state index in [9.17, 15) is 9.59 Å². The number of likely N-dealkylation sites (tertiary alicyclic amines) is 1. The van der Waals surface area contributed by atoms with Crippen LogP contribution in [0.4, 0.5) is 5.69 Å². The average Bonchev–Trinajstić information content (AvgIpc) is 3.41. The highest BCUT2D eigenvalue weighted by atomic mass is 35.5. The van der Waals surface area contributed by atoms with Gasteiger partial charge in [-0.1, -0.05) is 17.7 Å². The van der Waals surface area contributed by atoms with E-state index in [0.29, 0.717) is 23.6 Å². The van der Waals surface area contributed by atoms with E-state index < -0.39 is 0 Å². The summed E-state index contributed by atoms with van der Waals surface area (Å²) in [5, 5.41) is 7.59. The lowest BCUT2D eigenvalue weighted by Crippen LogP contribution is -2.23. The van der Waals surface area contributed by atoms with Crippen LogP contribution in [-0.2, 0) is 24.4 Å². The third kappa shape index (κ3) is 3.50. The summed E-state index contributed by atoms with van der Waals surface area (Å²) < 4.78 is 0. The molecule has 7 heteroatoms. The van der Waals surface area contributed by atoms with E-state index in [4.69, 9.17) is 11.6 Å². The molecule has 0 aliphatic carbocycles. The van der Waals surface area contributed by atoms with Crippen molar-refractivity contribution in [3.8, 4) is 0 Å². The molecule has 6 nitrogen and oxygen atoms in total. The predicted octanol–water partition coefficient (Wildman–Crippen LogP) is 3.80. The fraction of sp³-hybridized carbons (Fsp3) is 0.273. The number of fused-ring (bicyclic) bond motifs is 2. The summed E-state index contributed by atoms with van der Waals surface area (Å²) in [6.45, 7) is 2.97. The molecule has 0 bridgehead atoms. The summed E-state index contributed by atoms with van der Waals surface area (Å²) in [6, 6.07) is 11.4. The van der Waals surface area contributed by atoms with Gasteiger partial charge >= 0.3 is 0 Å². The zero-order valence-corrected chi connectivity index (χ0v) is 16.6. The third-order valence-electron chi connectivity index (χ3n) is 5.63. The Kier molecular flexibility index (Phi) is 4.53. The maximum Gasteiger partial charge on any atom is 0.256 e. The van der Waals surface area contributed by atoms with Gasteiger partial charge in [-0.05, 0) is 47.9 Å². The molecule has 5 rings (SSSR count). The fourth-order valence-corrected chi connectivity index (χ4v) is 4.40. The minimum absolute atomic E-state index is 0.172. The first-order valence-electron chi connectivity index (χ1n) is 9.79. The predicted molar refractivity (Wildman–Crippen MR) is 113 cm³/mol. The maximum absolute atomic E-state index is 13.0. The Morgan fingerprint density at radius 1 is 1.14 bits per heavy atom. The smallest absolute Gasteiger partial charge is 0.256 e. The summed E-state index contributed by atoms with van der Waals surface area (Å²) in [7, 11) is 0. The van der Waals surface area contributed by atoms with Crippen LogP contribution in [0.3, 0.4) is 0 Å². The van der Waals surface area contributed by atoms with Gasteiger partial charge in [0, 0.05) is 53.4 Å². The Balaban J connectivity index is 1.44. The normalized spacial score (nSPS) is 15.9. The molecule has 0 radical (unpaired) electrons. The minimum Gasteiger partial charge on any atom is -0.357 e. The number of hydrogen-bond acceptors (Lipinski definition) is 3. The maximum atomic E-state index is 13.0. The van der Waals surface area contributed by atoms with Crippen molar-refractivity contribution in [1.82, 2.24) is 15.2 Å². The van der Waals surface area contributed by atoms with Gasteiger partial charge in [0.25, 0.3) is 5.91 Å². The molecule has 0 unspecified atom stereocenters. The minimum atomic E-state index is -0.203. The number of halogens is 1. The Hall–Kier alpha value is -2.83. The highest BCUT2D eigenvalue weighted by Gasteiger charge is 2.22. The first-order chi connectivity index (χ1) is 14.1. The van der Waals surface area contributed by atoms with Crippen molar-refractivity contribution in [3.05, 3.63) is 63.8 Å². The van der Waals surface area contributed by atoms with E-state index in [1.807, 2.05) is 35.2 Å². The Labute approximate surface area is 173 Å². The topological polar surface area (TPSA) is 77.2 Å². The van der Waals surface area contributed by atoms with Gasteiger partial charge in [-0.25, -0.2) is 0 Å². The summed E-state index contributed by atoms with van der Waals surface area (Å²) in [6.07, 6.45) is 1.50.